The first-order valence-electron chi connectivity index (χ1n) is 6.40. The lowest BCUT2D eigenvalue weighted by Gasteiger charge is -2.09. The minimum Gasteiger partial charge on any atom is -0.383 e. The molecule has 6 heteroatoms. The Hall–Kier alpha value is -2.08. The van der Waals surface area contributed by atoms with E-state index in [0.29, 0.717) is 13.2 Å². The van der Waals surface area contributed by atoms with Crippen LogP contribution in [0.5, 0.6) is 0 Å². The van der Waals surface area contributed by atoms with Crippen LogP contribution in [0.2, 0.25) is 0 Å². The van der Waals surface area contributed by atoms with Crippen molar-refractivity contribution in [3.63, 3.8) is 0 Å². The van der Waals surface area contributed by atoms with Crippen LogP contribution < -0.4 is 16.0 Å². The van der Waals surface area contributed by atoms with Gasteiger partial charge in [0.25, 0.3) is 0 Å². The number of nitrogens with one attached hydrogen (secondary N) is 3. The van der Waals surface area contributed by atoms with Crippen molar-refractivity contribution in [3.8, 4) is 0 Å². The van der Waals surface area contributed by atoms with Crippen LogP contribution in [0.3, 0.4) is 0 Å². The summed E-state index contributed by atoms with van der Waals surface area (Å²) in [6, 6.07) is 5.32. The highest BCUT2D eigenvalue weighted by Gasteiger charge is 2.06. The zero-order valence-electron chi connectivity index (χ0n) is 12.1. The van der Waals surface area contributed by atoms with Crippen molar-refractivity contribution in [2.45, 2.75) is 13.8 Å². The second-order valence-corrected chi connectivity index (χ2v) is 4.45. The summed E-state index contributed by atoms with van der Waals surface area (Å²) in [6.45, 7) is 4.84. The Morgan fingerprint density at radius 2 is 1.95 bits per heavy atom. The number of hydrogen-bond acceptors (Lipinski definition) is 4. The average molecular weight is 279 g/mol. The quantitative estimate of drug-likeness (QED) is 0.683. The van der Waals surface area contributed by atoms with E-state index in [2.05, 4.69) is 16.0 Å². The van der Waals surface area contributed by atoms with Crippen LogP contribution in [0, 0.1) is 13.8 Å². The largest absolute Gasteiger partial charge is 0.383 e. The van der Waals surface area contributed by atoms with Gasteiger partial charge in [-0.15, -0.1) is 0 Å². The van der Waals surface area contributed by atoms with Crippen molar-refractivity contribution in [2.24, 2.45) is 0 Å². The van der Waals surface area contributed by atoms with Crippen LogP contribution in [-0.2, 0) is 9.53 Å². The summed E-state index contributed by atoms with van der Waals surface area (Å²) in [6.07, 6.45) is 0. The molecular formula is C14H21N3O3. The standard InChI is InChI=1S/C14H21N3O3/c1-10-4-5-12(8-11(10)2)16-9-13(18)17-14(19)15-6-7-20-3/h4-5,8,16H,6-7,9H2,1-3H3,(H2,15,17,18,19). The molecule has 0 heterocycles. The van der Waals surface area contributed by atoms with E-state index in [1.54, 1.807) is 0 Å². The van der Waals surface area contributed by atoms with Gasteiger partial charge in [-0.25, -0.2) is 4.79 Å². The Kier molecular flexibility index (Phi) is 6.52. The third kappa shape index (κ3) is 5.71. The third-order valence-electron chi connectivity index (χ3n) is 2.80. The maximum atomic E-state index is 11.5. The fourth-order valence-electron chi connectivity index (χ4n) is 1.52. The molecule has 3 N–H and O–H groups in total. The van der Waals surface area contributed by atoms with Gasteiger partial charge in [-0.3, -0.25) is 10.1 Å². The molecule has 0 saturated carbocycles. The maximum absolute atomic E-state index is 11.5. The molecule has 110 valence electrons. The molecule has 0 aromatic heterocycles. The van der Waals surface area contributed by atoms with Crippen molar-refractivity contribution in [2.75, 3.05) is 32.1 Å². The van der Waals surface area contributed by atoms with Gasteiger partial charge in [0.15, 0.2) is 0 Å². The van der Waals surface area contributed by atoms with Gasteiger partial charge in [0, 0.05) is 19.3 Å². The van der Waals surface area contributed by atoms with Crippen LogP contribution in [0.15, 0.2) is 18.2 Å². The third-order valence-corrected chi connectivity index (χ3v) is 2.80. The van der Waals surface area contributed by atoms with Gasteiger partial charge in [-0.2, -0.15) is 0 Å². The number of ether oxygens (including phenoxy) is 1. The van der Waals surface area contributed by atoms with Crippen molar-refractivity contribution >= 4 is 17.6 Å². The molecule has 0 saturated heterocycles. The van der Waals surface area contributed by atoms with Crippen molar-refractivity contribution in [3.05, 3.63) is 29.3 Å². The number of carbonyl (C=O) groups is 2. The van der Waals surface area contributed by atoms with E-state index in [-0.39, 0.29) is 6.54 Å². The highest BCUT2D eigenvalue weighted by molar-refractivity contribution is 5.96. The highest BCUT2D eigenvalue weighted by Crippen LogP contribution is 2.13. The number of carbonyl (C=O) groups excluding carboxylic acids is 2. The first kappa shape index (κ1) is 16.0. The number of rotatable bonds is 6. The van der Waals surface area contributed by atoms with Crippen molar-refractivity contribution in [1.82, 2.24) is 10.6 Å². The van der Waals surface area contributed by atoms with E-state index in [0.717, 1.165) is 11.3 Å². The van der Waals surface area contributed by atoms with Crippen molar-refractivity contribution in [1.29, 1.82) is 0 Å². The Labute approximate surface area is 118 Å². The fourth-order valence-corrected chi connectivity index (χ4v) is 1.52. The van der Waals surface area contributed by atoms with E-state index in [1.165, 1.54) is 12.7 Å². The Bertz CT molecular complexity index is 475. The molecule has 20 heavy (non-hydrogen) atoms. The van der Waals surface area contributed by atoms with Gasteiger partial charge >= 0.3 is 6.03 Å². The summed E-state index contributed by atoms with van der Waals surface area (Å²) in [7, 11) is 1.54. The monoisotopic (exact) mass is 279 g/mol. The molecule has 0 aliphatic heterocycles. The van der Waals surface area contributed by atoms with Crippen LogP contribution in [0.1, 0.15) is 11.1 Å². The summed E-state index contributed by atoms with van der Waals surface area (Å²) in [4.78, 5) is 22.9. The topological polar surface area (TPSA) is 79.5 Å². The average Bonchev–Trinajstić information content (AvgIpc) is 2.40. The smallest absolute Gasteiger partial charge is 0.321 e. The van der Waals surface area contributed by atoms with Crippen molar-refractivity contribution < 1.29 is 14.3 Å². The van der Waals surface area contributed by atoms with E-state index in [1.807, 2.05) is 32.0 Å². The second kappa shape index (κ2) is 8.16. The molecule has 3 amide bonds. The number of benzene rings is 1. The zero-order chi connectivity index (χ0) is 15.0. The lowest BCUT2D eigenvalue weighted by Crippen LogP contribution is -2.42. The molecule has 0 radical (unpaired) electrons. The minimum absolute atomic E-state index is 0.0419. The summed E-state index contributed by atoms with van der Waals surface area (Å²) < 4.78 is 4.78. The summed E-state index contributed by atoms with van der Waals surface area (Å²) in [5.74, 6) is -0.391. The number of methoxy groups -OCH3 is 1. The lowest BCUT2D eigenvalue weighted by atomic mass is 10.1. The Morgan fingerprint density at radius 1 is 1.20 bits per heavy atom. The number of imide groups is 1. The first-order chi connectivity index (χ1) is 9.52. The maximum Gasteiger partial charge on any atom is 0.321 e. The number of aryl methyl sites for hydroxylation is 2. The van der Waals surface area contributed by atoms with Crippen LogP contribution in [0.25, 0.3) is 0 Å². The summed E-state index contributed by atoms with van der Waals surface area (Å²) in [5.41, 5.74) is 3.19. The molecule has 0 aliphatic rings. The molecule has 0 bridgehead atoms. The van der Waals surface area contributed by atoms with Crippen LogP contribution in [0.4, 0.5) is 10.5 Å². The van der Waals surface area contributed by atoms with Gasteiger partial charge in [0.1, 0.15) is 0 Å². The normalized spacial score (nSPS) is 9.95. The van der Waals surface area contributed by atoms with Crippen LogP contribution in [-0.4, -0.2) is 38.7 Å². The van der Waals surface area contributed by atoms with Gasteiger partial charge in [0.05, 0.1) is 13.2 Å². The number of anilines is 1. The lowest BCUT2D eigenvalue weighted by molar-refractivity contribution is -0.118. The molecule has 1 aromatic carbocycles. The molecule has 0 fully saturated rings. The Balaban J connectivity index is 2.32. The predicted octanol–water partition coefficient (Wildman–Crippen LogP) is 1.19. The second-order valence-electron chi connectivity index (χ2n) is 4.45. The van der Waals surface area contributed by atoms with E-state index in [9.17, 15) is 9.59 Å². The van der Waals surface area contributed by atoms with E-state index >= 15 is 0 Å². The molecule has 0 unspecified atom stereocenters. The SMILES string of the molecule is COCCNC(=O)NC(=O)CNc1ccc(C)c(C)c1. The fraction of sp³-hybridized carbons (Fsp3) is 0.429. The molecule has 0 aliphatic carbocycles. The number of urea groups is 1. The first-order valence-corrected chi connectivity index (χ1v) is 6.40. The van der Waals surface area contributed by atoms with Crippen LogP contribution >= 0.6 is 0 Å². The minimum atomic E-state index is -0.520. The van der Waals surface area contributed by atoms with Gasteiger partial charge < -0.3 is 15.4 Å². The molecule has 0 atom stereocenters. The molecule has 0 spiro atoms. The van der Waals surface area contributed by atoms with E-state index in [4.69, 9.17) is 4.74 Å². The molecule has 6 nitrogen and oxygen atoms in total. The molecule has 1 rings (SSSR count). The highest BCUT2D eigenvalue weighted by atomic mass is 16.5. The zero-order valence-corrected chi connectivity index (χ0v) is 12.1. The number of hydrogen-bond donors (Lipinski definition) is 3. The van der Waals surface area contributed by atoms with Gasteiger partial charge in [-0.1, -0.05) is 6.07 Å². The summed E-state index contributed by atoms with van der Waals surface area (Å²) >= 11 is 0. The summed E-state index contributed by atoms with van der Waals surface area (Å²) in [5, 5.41) is 7.70. The number of amides is 3. The molecular weight excluding hydrogens is 258 g/mol. The Morgan fingerprint density at radius 3 is 2.60 bits per heavy atom. The van der Waals surface area contributed by atoms with Gasteiger partial charge in [-0.05, 0) is 37.1 Å². The van der Waals surface area contributed by atoms with Gasteiger partial charge in [0.2, 0.25) is 5.91 Å². The predicted molar refractivity (Wildman–Crippen MR) is 77.8 cm³/mol. The molecule has 1 aromatic rings. The van der Waals surface area contributed by atoms with E-state index < -0.39 is 11.9 Å².